The SMILES string of the molecule is c1ccc(-c2ccc(-c3nc(-c4ccc(-c5ccccc5)cc4)nc(-n4c5ccccc5c5cccc(-c6ccc7oc8ccc9ccccc9c8c7c6)c54)n3)cc2)cc1. The molecular weight excluding hydrogens is 733 g/mol. The maximum Gasteiger partial charge on any atom is 0.238 e. The van der Waals surface area contributed by atoms with Crippen molar-refractivity contribution >= 4 is 54.5 Å². The van der Waals surface area contributed by atoms with Gasteiger partial charge >= 0.3 is 0 Å². The van der Waals surface area contributed by atoms with Gasteiger partial charge in [-0.25, -0.2) is 4.98 Å². The third-order valence-corrected chi connectivity index (χ3v) is 11.7. The zero-order valence-corrected chi connectivity index (χ0v) is 32.3. The predicted octanol–water partition coefficient (Wildman–Crippen LogP) is 14.4. The van der Waals surface area contributed by atoms with E-state index in [2.05, 4.69) is 199 Å². The molecular formula is C55H34N4O. The highest BCUT2D eigenvalue weighted by atomic mass is 16.3. The van der Waals surface area contributed by atoms with E-state index in [1.165, 1.54) is 10.8 Å². The summed E-state index contributed by atoms with van der Waals surface area (Å²) < 4.78 is 8.64. The average Bonchev–Trinajstić information content (AvgIpc) is 3.88. The van der Waals surface area contributed by atoms with Crippen LogP contribution in [0.25, 0.3) is 117 Å². The second-order valence-electron chi connectivity index (χ2n) is 15.2. The van der Waals surface area contributed by atoms with Gasteiger partial charge in [-0.15, -0.1) is 0 Å². The van der Waals surface area contributed by atoms with E-state index in [4.69, 9.17) is 19.4 Å². The van der Waals surface area contributed by atoms with E-state index in [-0.39, 0.29) is 0 Å². The van der Waals surface area contributed by atoms with Gasteiger partial charge in [0.25, 0.3) is 0 Å². The molecule has 0 N–H and O–H groups in total. The largest absolute Gasteiger partial charge is 0.456 e. The fraction of sp³-hybridized carbons (Fsp3) is 0. The number of hydrogen-bond donors (Lipinski definition) is 0. The van der Waals surface area contributed by atoms with Crippen LogP contribution in [0.3, 0.4) is 0 Å². The number of benzene rings is 9. The van der Waals surface area contributed by atoms with Crippen molar-refractivity contribution in [2.45, 2.75) is 0 Å². The molecule has 0 bridgehead atoms. The number of furan rings is 1. The fourth-order valence-corrected chi connectivity index (χ4v) is 8.78. The Balaban J connectivity index is 1.09. The Morgan fingerprint density at radius 2 is 0.883 bits per heavy atom. The van der Waals surface area contributed by atoms with Crippen molar-refractivity contribution in [3.63, 3.8) is 0 Å². The zero-order chi connectivity index (χ0) is 39.6. The van der Waals surface area contributed by atoms with Crippen LogP contribution in [0, 0.1) is 0 Å². The van der Waals surface area contributed by atoms with E-state index < -0.39 is 0 Å². The molecule has 0 aliphatic carbocycles. The lowest BCUT2D eigenvalue weighted by Crippen LogP contribution is -2.07. The van der Waals surface area contributed by atoms with Gasteiger partial charge in [0.05, 0.1) is 11.0 Å². The standard InChI is InChI=1S/C55H34N4O/c1-3-12-35(13-4-1)37-22-26-40(27-23-37)53-56-54(41-28-24-38(25-29-41)36-14-5-2-6-15-36)58-55(57-53)59-48-21-10-9-18-45(48)46-20-11-19-44(52(46)59)42-31-32-49-47(34-42)51-43-17-8-7-16-39(43)30-33-50(51)60-49/h1-34H. The van der Waals surface area contributed by atoms with Crippen molar-refractivity contribution in [3.8, 4) is 62.1 Å². The van der Waals surface area contributed by atoms with E-state index >= 15 is 0 Å². The number of nitrogens with zero attached hydrogens (tertiary/aromatic N) is 4. The van der Waals surface area contributed by atoms with Crippen LogP contribution in [0.1, 0.15) is 0 Å². The second-order valence-corrected chi connectivity index (χ2v) is 15.2. The van der Waals surface area contributed by atoms with Gasteiger partial charge in [0.2, 0.25) is 5.95 Å². The van der Waals surface area contributed by atoms with E-state index in [1.807, 2.05) is 12.1 Å². The maximum atomic E-state index is 6.42. The Morgan fingerprint density at radius 1 is 0.350 bits per heavy atom. The second kappa shape index (κ2) is 13.8. The van der Waals surface area contributed by atoms with Gasteiger partial charge < -0.3 is 4.42 Å². The first-order valence-electron chi connectivity index (χ1n) is 20.2. The summed E-state index contributed by atoms with van der Waals surface area (Å²) in [6.07, 6.45) is 0. The van der Waals surface area contributed by atoms with Crippen molar-refractivity contribution in [2.75, 3.05) is 0 Å². The average molecular weight is 767 g/mol. The summed E-state index contributed by atoms with van der Waals surface area (Å²) in [6.45, 7) is 0. The van der Waals surface area contributed by atoms with Crippen molar-refractivity contribution in [3.05, 3.63) is 206 Å². The highest BCUT2D eigenvalue weighted by molar-refractivity contribution is 6.20. The van der Waals surface area contributed by atoms with Crippen molar-refractivity contribution < 1.29 is 4.42 Å². The molecule has 280 valence electrons. The summed E-state index contributed by atoms with van der Waals surface area (Å²) in [7, 11) is 0. The fourth-order valence-electron chi connectivity index (χ4n) is 8.78. The van der Waals surface area contributed by atoms with E-state index in [1.54, 1.807) is 0 Å². The molecule has 0 atom stereocenters. The van der Waals surface area contributed by atoms with Crippen LogP contribution in [-0.4, -0.2) is 19.5 Å². The molecule has 0 fully saturated rings. The van der Waals surface area contributed by atoms with E-state index in [0.717, 1.165) is 88.3 Å². The first-order chi connectivity index (χ1) is 29.7. The summed E-state index contributed by atoms with van der Waals surface area (Å²) in [5, 5.41) is 6.82. The van der Waals surface area contributed by atoms with Crippen LogP contribution in [0.2, 0.25) is 0 Å². The zero-order valence-electron chi connectivity index (χ0n) is 32.3. The molecule has 3 heterocycles. The molecule has 12 rings (SSSR count). The Kier molecular flexibility index (Phi) is 7.78. The molecule has 0 saturated carbocycles. The quantitative estimate of drug-likeness (QED) is 0.169. The van der Waals surface area contributed by atoms with Gasteiger partial charge in [-0.1, -0.05) is 182 Å². The molecule has 5 nitrogen and oxygen atoms in total. The maximum absolute atomic E-state index is 6.42. The predicted molar refractivity (Wildman–Crippen MR) is 246 cm³/mol. The molecule has 0 saturated heterocycles. The van der Waals surface area contributed by atoms with Crippen molar-refractivity contribution in [2.24, 2.45) is 0 Å². The van der Waals surface area contributed by atoms with Crippen LogP contribution >= 0.6 is 0 Å². The number of para-hydroxylation sites is 2. The summed E-state index contributed by atoms with van der Waals surface area (Å²) in [6, 6.07) is 72.2. The Hall–Kier alpha value is -8.15. The van der Waals surface area contributed by atoms with Crippen LogP contribution in [-0.2, 0) is 0 Å². The van der Waals surface area contributed by atoms with Gasteiger partial charge in [0.15, 0.2) is 11.6 Å². The van der Waals surface area contributed by atoms with Crippen molar-refractivity contribution in [1.29, 1.82) is 0 Å². The molecule has 9 aromatic carbocycles. The van der Waals surface area contributed by atoms with Crippen LogP contribution in [0.15, 0.2) is 211 Å². The Morgan fingerprint density at radius 3 is 1.57 bits per heavy atom. The summed E-state index contributed by atoms with van der Waals surface area (Å²) in [5.41, 5.74) is 12.3. The molecule has 60 heavy (non-hydrogen) atoms. The molecule has 0 aliphatic rings. The monoisotopic (exact) mass is 766 g/mol. The lowest BCUT2D eigenvalue weighted by atomic mass is 9.98. The molecule has 0 amide bonds. The normalized spacial score (nSPS) is 11.7. The number of fused-ring (bicyclic) bond motifs is 8. The highest BCUT2D eigenvalue weighted by Gasteiger charge is 2.21. The third kappa shape index (κ3) is 5.59. The molecule has 0 radical (unpaired) electrons. The molecule has 0 aliphatic heterocycles. The minimum Gasteiger partial charge on any atom is -0.456 e. The number of hydrogen-bond acceptors (Lipinski definition) is 4. The molecule has 0 unspecified atom stereocenters. The topological polar surface area (TPSA) is 56.7 Å². The molecule has 3 aromatic heterocycles. The highest BCUT2D eigenvalue weighted by Crippen LogP contribution is 2.41. The number of rotatable bonds is 6. The van der Waals surface area contributed by atoms with Gasteiger partial charge in [0.1, 0.15) is 11.2 Å². The van der Waals surface area contributed by atoms with Gasteiger partial charge in [0, 0.05) is 38.2 Å². The Labute approximate surface area is 345 Å². The molecule has 0 spiro atoms. The molecule has 12 aromatic rings. The summed E-state index contributed by atoms with van der Waals surface area (Å²) in [5.74, 6) is 1.75. The van der Waals surface area contributed by atoms with Gasteiger partial charge in [-0.2, -0.15) is 9.97 Å². The van der Waals surface area contributed by atoms with Gasteiger partial charge in [-0.3, -0.25) is 4.57 Å². The number of aromatic nitrogens is 4. The lowest BCUT2D eigenvalue weighted by Gasteiger charge is -2.13. The van der Waals surface area contributed by atoms with E-state index in [0.29, 0.717) is 17.6 Å². The van der Waals surface area contributed by atoms with Crippen LogP contribution < -0.4 is 0 Å². The van der Waals surface area contributed by atoms with E-state index in [9.17, 15) is 0 Å². The van der Waals surface area contributed by atoms with Gasteiger partial charge in [-0.05, 0) is 62.9 Å². The van der Waals surface area contributed by atoms with Crippen LogP contribution in [0.5, 0.6) is 0 Å². The third-order valence-electron chi connectivity index (χ3n) is 11.7. The van der Waals surface area contributed by atoms with Crippen molar-refractivity contribution in [1.82, 2.24) is 19.5 Å². The lowest BCUT2D eigenvalue weighted by molar-refractivity contribution is 0.669. The first-order valence-corrected chi connectivity index (χ1v) is 20.2. The summed E-state index contributed by atoms with van der Waals surface area (Å²) in [4.78, 5) is 15.8. The smallest absolute Gasteiger partial charge is 0.238 e. The Bertz CT molecular complexity index is 3470. The minimum absolute atomic E-state index is 0.550. The minimum atomic E-state index is 0.550. The first kappa shape index (κ1) is 33.9. The summed E-state index contributed by atoms with van der Waals surface area (Å²) >= 11 is 0. The van der Waals surface area contributed by atoms with Crippen LogP contribution in [0.4, 0.5) is 0 Å². The molecule has 5 heteroatoms.